The molecule has 0 spiro atoms. The first-order valence-electron chi connectivity index (χ1n) is 14.6. The molecule has 0 unspecified atom stereocenters. The van der Waals surface area contributed by atoms with E-state index in [1.807, 2.05) is 66.7 Å². The zero-order chi connectivity index (χ0) is 32.5. The molecule has 1 saturated heterocycles. The molecule has 0 radical (unpaired) electrons. The number of carbonyl (C=O) groups excluding carboxylic acids is 4. The van der Waals surface area contributed by atoms with Crippen LogP contribution >= 0.6 is 0 Å². The summed E-state index contributed by atoms with van der Waals surface area (Å²) in [5.41, 5.74) is 4.45. The van der Waals surface area contributed by atoms with Gasteiger partial charge in [-0.1, -0.05) is 66.7 Å². The molecule has 4 aromatic rings. The number of benzene rings is 3. The van der Waals surface area contributed by atoms with E-state index in [9.17, 15) is 29.1 Å². The van der Waals surface area contributed by atoms with Crippen LogP contribution in [0.15, 0.2) is 78.9 Å². The molecule has 2 heterocycles. The molecular weight excluding hydrogens is 594 g/mol. The lowest BCUT2D eigenvalue weighted by Crippen LogP contribution is -2.50. The van der Waals surface area contributed by atoms with Crippen LogP contribution in [0.25, 0.3) is 22.2 Å². The SMILES string of the molecule is O=C(CN1C(=O)CN(CCCNc2nc3ccccc3[nH]2)C1=O)NC[C@H](NC(=O)OCc1ccc(-c2ccccc2)cc1)C(=O)O. The summed E-state index contributed by atoms with van der Waals surface area (Å²) in [5.74, 6) is -2.10. The number of fused-ring (bicyclic) bond motifs is 1. The van der Waals surface area contributed by atoms with Crippen molar-refractivity contribution in [2.75, 3.05) is 38.0 Å². The van der Waals surface area contributed by atoms with E-state index in [4.69, 9.17) is 4.74 Å². The molecule has 5 N–H and O–H groups in total. The fourth-order valence-corrected chi connectivity index (χ4v) is 4.81. The number of rotatable bonds is 14. The van der Waals surface area contributed by atoms with Crippen molar-refractivity contribution in [3.05, 3.63) is 84.4 Å². The van der Waals surface area contributed by atoms with Gasteiger partial charge in [0.2, 0.25) is 11.9 Å². The Labute approximate surface area is 263 Å². The second kappa shape index (κ2) is 14.7. The molecule has 14 nitrogen and oxygen atoms in total. The first-order valence-corrected chi connectivity index (χ1v) is 14.6. The van der Waals surface area contributed by atoms with E-state index in [1.54, 1.807) is 12.1 Å². The monoisotopic (exact) mass is 627 g/mol. The predicted molar refractivity (Wildman–Crippen MR) is 168 cm³/mol. The van der Waals surface area contributed by atoms with Crippen LogP contribution < -0.4 is 16.0 Å². The molecule has 1 aliphatic heterocycles. The van der Waals surface area contributed by atoms with E-state index >= 15 is 0 Å². The lowest BCUT2D eigenvalue weighted by atomic mass is 10.0. The van der Waals surface area contributed by atoms with Crippen molar-refractivity contribution >= 4 is 46.9 Å². The Morgan fingerprint density at radius 1 is 0.957 bits per heavy atom. The van der Waals surface area contributed by atoms with Crippen molar-refractivity contribution in [1.29, 1.82) is 0 Å². The standard InChI is InChI=1S/C32H33N7O7/c40-27(18-39-28(41)19-38(32(39)45)16-6-15-33-30-35-24-9-4-5-10-25(24)36-30)34-17-26(29(42)43)37-31(44)46-20-21-11-13-23(14-12-21)22-7-2-1-3-8-22/h1-5,7-14,26H,6,15-20H2,(H,34,40)(H,37,44)(H,42,43)(H2,33,35,36)/t26-/m0/s1. The Morgan fingerprint density at radius 3 is 2.41 bits per heavy atom. The molecule has 14 heteroatoms. The highest BCUT2D eigenvalue weighted by Crippen LogP contribution is 2.19. The number of anilines is 1. The van der Waals surface area contributed by atoms with Crippen LogP contribution in [0.4, 0.5) is 15.5 Å². The van der Waals surface area contributed by atoms with Gasteiger partial charge < -0.3 is 35.7 Å². The van der Waals surface area contributed by atoms with Crippen LogP contribution in [0.1, 0.15) is 12.0 Å². The second-order valence-corrected chi connectivity index (χ2v) is 10.5. The molecule has 1 aliphatic rings. The van der Waals surface area contributed by atoms with Crippen molar-refractivity contribution < 1.29 is 33.8 Å². The summed E-state index contributed by atoms with van der Waals surface area (Å²) in [5, 5.41) is 17.2. The molecular formula is C32H33N7O7. The van der Waals surface area contributed by atoms with E-state index in [-0.39, 0.29) is 19.7 Å². The maximum absolute atomic E-state index is 12.7. The third-order valence-electron chi connectivity index (χ3n) is 7.24. The maximum Gasteiger partial charge on any atom is 0.408 e. The number of hydrogen-bond acceptors (Lipinski definition) is 8. The molecule has 1 atom stereocenters. The third kappa shape index (κ3) is 8.16. The number of hydrogen-bond donors (Lipinski definition) is 5. The summed E-state index contributed by atoms with van der Waals surface area (Å²) in [6, 6.07) is 22.6. The zero-order valence-corrected chi connectivity index (χ0v) is 24.8. The van der Waals surface area contributed by atoms with Crippen LogP contribution in [0.5, 0.6) is 0 Å². The number of alkyl carbamates (subject to hydrolysis) is 1. The number of ether oxygens (including phenoxy) is 1. The number of imidazole rings is 1. The highest BCUT2D eigenvalue weighted by molar-refractivity contribution is 6.04. The number of imide groups is 1. The molecule has 5 amide bonds. The van der Waals surface area contributed by atoms with Gasteiger partial charge in [-0.3, -0.25) is 14.5 Å². The molecule has 5 rings (SSSR count). The number of aliphatic carboxylic acids is 1. The van der Waals surface area contributed by atoms with Gasteiger partial charge in [-0.05, 0) is 35.2 Å². The summed E-state index contributed by atoms with van der Waals surface area (Å²) >= 11 is 0. The summed E-state index contributed by atoms with van der Waals surface area (Å²) in [6.45, 7) is -0.559. The number of carboxylic acids is 1. The fraction of sp³-hybridized carbons (Fsp3) is 0.250. The number of nitrogens with zero attached hydrogens (tertiary/aromatic N) is 3. The fourth-order valence-electron chi connectivity index (χ4n) is 4.81. The van der Waals surface area contributed by atoms with E-state index in [0.29, 0.717) is 24.5 Å². The van der Waals surface area contributed by atoms with Crippen LogP contribution in [0.3, 0.4) is 0 Å². The van der Waals surface area contributed by atoms with Crippen molar-refractivity contribution in [3.63, 3.8) is 0 Å². The van der Waals surface area contributed by atoms with Gasteiger partial charge >= 0.3 is 18.1 Å². The van der Waals surface area contributed by atoms with Crippen molar-refractivity contribution in [1.82, 2.24) is 30.4 Å². The molecule has 46 heavy (non-hydrogen) atoms. The minimum atomic E-state index is -1.50. The number of para-hydroxylation sites is 2. The number of urea groups is 1. The number of nitrogens with one attached hydrogen (secondary N) is 4. The molecule has 0 aliphatic carbocycles. The third-order valence-corrected chi connectivity index (χ3v) is 7.24. The maximum atomic E-state index is 12.7. The van der Waals surface area contributed by atoms with E-state index in [0.717, 1.165) is 27.1 Å². The average molecular weight is 628 g/mol. The lowest BCUT2D eigenvalue weighted by Gasteiger charge is -2.18. The minimum absolute atomic E-state index is 0.0920. The molecule has 3 aromatic carbocycles. The second-order valence-electron chi connectivity index (χ2n) is 10.5. The molecule has 0 bridgehead atoms. The average Bonchev–Trinajstić information content (AvgIpc) is 3.60. The van der Waals surface area contributed by atoms with Gasteiger partial charge in [-0.25, -0.2) is 19.4 Å². The molecule has 1 fully saturated rings. The Bertz CT molecular complexity index is 1680. The summed E-state index contributed by atoms with van der Waals surface area (Å²) in [7, 11) is 0. The number of H-pyrrole nitrogens is 1. The van der Waals surface area contributed by atoms with E-state index in [1.165, 1.54) is 4.90 Å². The Balaban J connectivity index is 1.01. The van der Waals surface area contributed by atoms with Crippen LogP contribution in [0, 0.1) is 0 Å². The van der Waals surface area contributed by atoms with Gasteiger partial charge in [0.25, 0.3) is 5.91 Å². The normalized spacial score (nSPS) is 13.5. The van der Waals surface area contributed by atoms with Crippen LogP contribution in [0.2, 0.25) is 0 Å². The van der Waals surface area contributed by atoms with Crippen molar-refractivity contribution in [3.8, 4) is 11.1 Å². The molecule has 238 valence electrons. The van der Waals surface area contributed by atoms with Crippen LogP contribution in [-0.2, 0) is 25.7 Å². The quantitative estimate of drug-likeness (QED) is 0.104. The highest BCUT2D eigenvalue weighted by Gasteiger charge is 2.36. The molecule has 1 aromatic heterocycles. The number of amides is 5. The number of aromatic nitrogens is 2. The summed E-state index contributed by atoms with van der Waals surface area (Å²) in [6.07, 6.45) is -0.457. The molecule has 0 saturated carbocycles. The Kier molecular flexibility index (Phi) is 10.1. The summed E-state index contributed by atoms with van der Waals surface area (Å²) < 4.78 is 5.15. The van der Waals surface area contributed by atoms with Gasteiger partial charge in [0.05, 0.1) is 11.0 Å². The highest BCUT2D eigenvalue weighted by atomic mass is 16.5. The lowest BCUT2D eigenvalue weighted by molar-refractivity contribution is -0.139. The van der Waals surface area contributed by atoms with Gasteiger partial charge in [0.15, 0.2) is 0 Å². The number of carbonyl (C=O) groups is 5. The van der Waals surface area contributed by atoms with Crippen molar-refractivity contribution in [2.24, 2.45) is 0 Å². The van der Waals surface area contributed by atoms with Crippen molar-refractivity contribution in [2.45, 2.75) is 19.1 Å². The topological polar surface area (TPSA) is 186 Å². The van der Waals surface area contributed by atoms with Gasteiger partial charge in [-0.2, -0.15) is 0 Å². The summed E-state index contributed by atoms with van der Waals surface area (Å²) in [4.78, 5) is 71.4. The first-order chi connectivity index (χ1) is 22.3. The van der Waals surface area contributed by atoms with Gasteiger partial charge in [0.1, 0.15) is 25.7 Å². The zero-order valence-electron chi connectivity index (χ0n) is 24.8. The van der Waals surface area contributed by atoms with E-state index < -0.39 is 49.0 Å². The first kappa shape index (κ1) is 31.5. The number of carboxylic acid groups (broad SMARTS) is 1. The largest absolute Gasteiger partial charge is 0.480 e. The minimum Gasteiger partial charge on any atom is -0.480 e. The Morgan fingerprint density at radius 2 is 1.67 bits per heavy atom. The predicted octanol–water partition coefficient (Wildman–Crippen LogP) is 2.79. The Hall–Kier alpha value is -5.92. The number of aromatic amines is 1. The van der Waals surface area contributed by atoms with E-state index in [2.05, 4.69) is 25.9 Å². The van der Waals surface area contributed by atoms with Crippen LogP contribution in [-0.4, -0.2) is 93.5 Å². The smallest absolute Gasteiger partial charge is 0.408 e. The van der Waals surface area contributed by atoms with Gasteiger partial charge in [0, 0.05) is 19.6 Å². The van der Waals surface area contributed by atoms with Gasteiger partial charge in [-0.15, -0.1) is 0 Å².